The highest BCUT2D eigenvalue weighted by Crippen LogP contribution is 2.31. The molecular weight excluding hydrogens is 339 g/mol. The molecule has 0 bridgehead atoms. The maximum absolute atomic E-state index is 12.7. The van der Waals surface area contributed by atoms with Gasteiger partial charge in [0, 0.05) is 0 Å². The topological polar surface area (TPSA) is 46.2 Å². The van der Waals surface area contributed by atoms with Crippen molar-refractivity contribution >= 4 is 27.3 Å². The molecule has 0 aliphatic rings. The van der Waals surface area contributed by atoms with Crippen molar-refractivity contribution in [3.63, 3.8) is 0 Å². The van der Waals surface area contributed by atoms with Crippen LogP contribution in [0.5, 0.6) is 0 Å². The first-order valence-electron chi connectivity index (χ1n) is 6.06. The first-order valence-corrected chi connectivity index (χ1v) is 7.92. The second kappa shape index (κ2) is 5.81. The molecule has 22 heavy (non-hydrogen) atoms. The van der Waals surface area contributed by atoms with Crippen molar-refractivity contribution in [3.05, 3.63) is 58.6 Å². The fourth-order valence-electron chi connectivity index (χ4n) is 1.75. The van der Waals surface area contributed by atoms with Crippen LogP contribution in [-0.2, 0) is 16.2 Å². The fourth-order valence-corrected chi connectivity index (χ4v) is 3.21. The Labute approximate surface area is 130 Å². The van der Waals surface area contributed by atoms with E-state index < -0.39 is 26.7 Å². The van der Waals surface area contributed by atoms with Gasteiger partial charge < -0.3 is 0 Å². The number of anilines is 1. The molecule has 2 aromatic carbocycles. The second-order valence-corrected chi connectivity index (χ2v) is 6.70. The molecule has 8 heteroatoms. The molecule has 0 amide bonds. The van der Waals surface area contributed by atoms with E-state index in [1.54, 1.807) is 19.1 Å². The van der Waals surface area contributed by atoms with Crippen molar-refractivity contribution in [1.82, 2.24) is 0 Å². The maximum atomic E-state index is 12.7. The first-order chi connectivity index (χ1) is 10.1. The summed E-state index contributed by atoms with van der Waals surface area (Å²) in [5.74, 6) is 0. The molecule has 0 aliphatic carbocycles. The largest absolute Gasteiger partial charge is 0.416 e. The fraction of sp³-hybridized carbons (Fsp3) is 0.143. The third-order valence-corrected chi connectivity index (χ3v) is 4.52. The summed E-state index contributed by atoms with van der Waals surface area (Å²) in [6, 6.07) is 8.13. The molecule has 0 fully saturated rings. The predicted octanol–water partition coefficient (Wildman–Crippen LogP) is 4.47. The second-order valence-electron chi connectivity index (χ2n) is 4.61. The molecular formula is C14H11ClF3NO2S. The van der Waals surface area contributed by atoms with Crippen LogP contribution in [0.3, 0.4) is 0 Å². The van der Waals surface area contributed by atoms with E-state index in [0.717, 1.165) is 23.8 Å². The quantitative estimate of drug-likeness (QED) is 0.888. The van der Waals surface area contributed by atoms with Gasteiger partial charge in [0.2, 0.25) is 0 Å². The number of benzene rings is 2. The Kier molecular flexibility index (Phi) is 4.39. The molecule has 0 saturated heterocycles. The van der Waals surface area contributed by atoms with E-state index in [-0.39, 0.29) is 10.7 Å². The molecule has 0 spiro atoms. The number of hydrogen-bond donors (Lipinski definition) is 1. The van der Waals surface area contributed by atoms with E-state index in [1.165, 1.54) is 6.07 Å². The summed E-state index contributed by atoms with van der Waals surface area (Å²) in [5, 5.41) is 0.163. The van der Waals surface area contributed by atoms with Gasteiger partial charge in [0.1, 0.15) is 0 Å². The average molecular weight is 350 g/mol. The van der Waals surface area contributed by atoms with Gasteiger partial charge in [0.15, 0.2) is 0 Å². The molecule has 0 saturated carbocycles. The number of alkyl halides is 3. The molecule has 118 valence electrons. The number of rotatable bonds is 3. The summed E-state index contributed by atoms with van der Waals surface area (Å²) < 4.78 is 64.5. The summed E-state index contributed by atoms with van der Waals surface area (Å²) in [6.45, 7) is 1.77. The molecule has 0 atom stereocenters. The molecule has 2 rings (SSSR count). The third kappa shape index (κ3) is 3.72. The van der Waals surface area contributed by atoms with Crippen LogP contribution in [-0.4, -0.2) is 8.42 Å². The van der Waals surface area contributed by atoms with Crippen molar-refractivity contribution in [2.24, 2.45) is 0 Å². The van der Waals surface area contributed by atoms with Crippen molar-refractivity contribution in [3.8, 4) is 0 Å². The molecule has 0 aromatic heterocycles. The van der Waals surface area contributed by atoms with Crippen LogP contribution in [0.15, 0.2) is 47.4 Å². The van der Waals surface area contributed by atoms with Gasteiger partial charge in [-0.1, -0.05) is 23.7 Å². The van der Waals surface area contributed by atoms with E-state index in [9.17, 15) is 21.6 Å². The standard InChI is InChI=1S/C14H11ClF3NO2S/c1-9-5-6-13(12(15)7-9)19-22(20,21)11-4-2-3-10(8-11)14(16,17)18/h2-8,19H,1H3. The lowest BCUT2D eigenvalue weighted by Gasteiger charge is -2.12. The van der Waals surface area contributed by atoms with Gasteiger partial charge in [-0.25, -0.2) is 8.42 Å². The average Bonchev–Trinajstić information content (AvgIpc) is 2.41. The number of aryl methyl sites for hydroxylation is 1. The van der Waals surface area contributed by atoms with Crippen molar-refractivity contribution < 1.29 is 21.6 Å². The van der Waals surface area contributed by atoms with E-state index in [1.807, 2.05) is 0 Å². The van der Waals surface area contributed by atoms with Crippen LogP contribution in [0.25, 0.3) is 0 Å². The van der Waals surface area contributed by atoms with Gasteiger partial charge in [-0.05, 0) is 42.8 Å². The van der Waals surface area contributed by atoms with Gasteiger partial charge in [-0.15, -0.1) is 0 Å². The van der Waals surface area contributed by atoms with Crippen LogP contribution in [0.4, 0.5) is 18.9 Å². The molecule has 3 nitrogen and oxygen atoms in total. The summed E-state index contributed by atoms with van der Waals surface area (Å²) >= 11 is 5.92. The first kappa shape index (κ1) is 16.6. The van der Waals surface area contributed by atoms with Crippen LogP contribution >= 0.6 is 11.6 Å². The zero-order valence-electron chi connectivity index (χ0n) is 11.3. The predicted molar refractivity (Wildman–Crippen MR) is 78.4 cm³/mol. The van der Waals surface area contributed by atoms with Crippen LogP contribution in [0.1, 0.15) is 11.1 Å². The number of sulfonamides is 1. The summed E-state index contributed by atoms with van der Waals surface area (Å²) in [7, 11) is -4.17. The van der Waals surface area contributed by atoms with Crippen LogP contribution in [0, 0.1) is 6.92 Å². The molecule has 0 aliphatic heterocycles. The zero-order chi connectivity index (χ0) is 16.5. The van der Waals surface area contributed by atoms with Crippen LogP contribution in [0.2, 0.25) is 5.02 Å². The highest BCUT2D eigenvalue weighted by molar-refractivity contribution is 7.92. The van der Waals surface area contributed by atoms with Gasteiger partial charge in [0.05, 0.1) is 21.2 Å². The number of halogens is 4. The van der Waals surface area contributed by atoms with E-state index in [4.69, 9.17) is 11.6 Å². The van der Waals surface area contributed by atoms with E-state index in [0.29, 0.717) is 6.07 Å². The highest BCUT2D eigenvalue weighted by Gasteiger charge is 2.31. The monoisotopic (exact) mass is 349 g/mol. The van der Waals surface area contributed by atoms with Crippen molar-refractivity contribution in [1.29, 1.82) is 0 Å². The Morgan fingerprint density at radius 3 is 2.36 bits per heavy atom. The summed E-state index contributed by atoms with van der Waals surface area (Å²) in [4.78, 5) is -0.487. The Morgan fingerprint density at radius 2 is 1.77 bits per heavy atom. The minimum atomic E-state index is -4.62. The summed E-state index contributed by atoms with van der Waals surface area (Å²) in [6.07, 6.45) is -4.62. The Bertz CT molecular complexity index is 804. The molecule has 0 heterocycles. The zero-order valence-corrected chi connectivity index (χ0v) is 12.9. The van der Waals surface area contributed by atoms with Gasteiger partial charge in [-0.3, -0.25) is 4.72 Å². The van der Waals surface area contributed by atoms with Gasteiger partial charge in [-0.2, -0.15) is 13.2 Å². The Hall–Kier alpha value is -1.73. The van der Waals surface area contributed by atoms with Crippen molar-refractivity contribution in [2.45, 2.75) is 18.0 Å². The number of nitrogens with one attached hydrogen (secondary N) is 1. The minimum Gasteiger partial charge on any atom is -0.278 e. The lowest BCUT2D eigenvalue weighted by molar-refractivity contribution is -0.137. The normalized spacial score (nSPS) is 12.2. The van der Waals surface area contributed by atoms with Gasteiger partial charge >= 0.3 is 6.18 Å². The highest BCUT2D eigenvalue weighted by atomic mass is 35.5. The molecule has 0 unspecified atom stereocenters. The maximum Gasteiger partial charge on any atom is 0.416 e. The molecule has 1 N–H and O–H groups in total. The summed E-state index contributed by atoms with van der Waals surface area (Å²) in [5.41, 5.74) is -0.109. The SMILES string of the molecule is Cc1ccc(NS(=O)(=O)c2cccc(C(F)(F)F)c2)c(Cl)c1. The van der Waals surface area contributed by atoms with Crippen molar-refractivity contribution in [2.75, 3.05) is 4.72 Å². The van der Waals surface area contributed by atoms with Gasteiger partial charge in [0.25, 0.3) is 10.0 Å². The minimum absolute atomic E-state index is 0.102. The Morgan fingerprint density at radius 1 is 1.09 bits per heavy atom. The molecule has 0 radical (unpaired) electrons. The third-order valence-electron chi connectivity index (χ3n) is 2.84. The Balaban J connectivity index is 2.39. The van der Waals surface area contributed by atoms with E-state index in [2.05, 4.69) is 4.72 Å². The lowest BCUT2D eigenvalue weighted by atomic mass is 10.2. The van der Waals surface area contributed by atoms with Crippen LogP contribution < -0.4 is 4.72 Å². The number of hydrogen-bond acceptors (Lipinski definition) is 2. The van der Waals surface area contributed by atoms with E-state index >= 15 is 0 Å². The lowest BCUT2D eigenvalue weighted by Crippen LogP contribution is -2.15. The molecule has 2 aromatic rings. The smallest absolute Gasteiger partial charge is 0.278 e.